The van der Waals surface area contributed by atoms with Crippen LogP contribution in [-0.2, 0) is 11.0 Å². The average molecular weight is 373 g/mol. The Balaban J connectivity index is 2.44. The van der Waals surface area contributed by atoms with E-state index in [2.05, 4.69) is 10.4 Å². The number of carbonyl (C=O) groups excluding carboxylic acids is 1. The monoisotopic (exact) mass is 373 g/mol. The first-order chi connectivity index (χ1) is 12.1. The van der Waals surface area contributed by atoms with Crippen molar-refractivity contribution < 1.29 is 32.3 Å². The van der Waals surface area contributed by atoms with E-state index < -0.39 is 41.2 Å². The van der Waals surface area contributed by atoms with Gasteiger partial charge in [-0.1, -0.05) is 13.3 Å². The smallest absolute Gasteiger partial charge is 0.434 e. The van der Waals surface area contributed by atoms with Gasteiger partial charge in [0.1, 0.15) is 11.9 Å². The average Bonchev–Trinajstić information content (AvgIpc) is 3.00. The molecule has 1 heterocycles. The summed E-state index contributed by atoms with van der Waals surface area (Å²) in [7, 11) is 0. The molecule has 2 N–H and O–H groups in total. The van der Waals surface area contributed by atoms with Crippen molar-refractivity contribution in [2.75, 3.05) is 0 Å². The van der Waals surface area contributed by atoms with Gasteiger partial charge in [0, 0.05) is 0 Å². The molecule has 0 spiro atoms. The summed E-state index contributed by atoms with van der Waals surface area (Å²) in [6, 6.07) is 2.76. The van der Waals surface area contributed by atoms with Crippen LogP contribution in [0.2, 0.25) is 0 Å². The molecule has 1 unspecified atom stereocenters. The van der Waals surface area contributed by atoms with Crippen molar-refractivity contribution in [3.8, 4) is 5.69 Å². The third-order valence-electron chi connectivity index (χ3n) is 3.53. The maximum atomic E-state index is 13.5. The number of rotatable bonds is 6. The van der Waals surface area contributed by atoms with Crippen molar-refractivity contribution in [3.63, 3.8) is 0 Å². The fourth-order valence-electron chi connectivity index (χ4n) is 2.35. The number of aliphatic carboxylic acids is 1. The van der Waals surface area contributed by atoms with Crippen LogP contribution in [0.25, 0.3) is 5.69 Å². The highest BCUT2D eigenvalue weighted by molar-refractivity contribution is 5.97. The fourth-order valence-corrected chi connectivity index (χ4v) is 2.35. The van der Waals surface area contributed by atoms with Gasteiger partial charge in [0.05, 0.1) is 17.4 Å². The van der Waals surface area contributed by atoms with Gasteiger partial charge in [-0.15, -0.1) is 0 Å². The number of alkyl halides is 3. The van der Waals surface area contributed by atoms with E-state index in [1.54, 1.807) is 6.92 Å². The van der Waals surface area contributed by atoms with E-state index >= 15 is 0 Å². The van der Waals surface area contributed by atoms with Crippen LogP contribution >= 0.6 is 0 Å². The Morgan fingerprint density at radius 3 is 2.38 bits per heavy atom. The summed E-state index contributed by atoms with van der Waals surface area (Å²) >= 11 is 0. The Labute approximate surface area is 145 Å². The first kappa shape index (κ1) is 19.4. The summed E-state index contributed by atoms with van der Waals surface area (Å²) in [5.74, 6) is -3.19. The lowest BCUT2D eigenvalue weighted by Gasteiger charge is -2.15. The first-order valence-corrected chi connectivity index (χ1v) is 7.60. The van der Waals surface area contributed by atoms with Gasteiger partial charge in [0.2, 0.25) is 0 Å². The lowest BCUT2D eigenvalue weighted by Crippen LogP contribution is -2.41. The Kier molecular flexibility index (Phi) is 5.63. The molecule has 2 aromatic rings. The molecule has 0 saturated carbocycles. The molecule has 0 radical (unpaired) electrons. The van der Waals surface area contributed by atoms with E-state index in [0.717, 1.165) is 24.3 Å². The minimum absolute atomic E-state index is 0.0640. The van der Waals surface area contributed by atoms with Crippen molar-refractivity contribution in [1.82, 2.24) is 15.1 Å². The van der Waals surface area contributed by atoms with Crippen LogP contribution in [0.4, 0.5) is 17.6 Å². The number of benzene rings is 1. The van der Waals surface area contributed by atoms with Crippen molar-refractivity contribution in [1.29, 1.82) is 0 Å². The van der Waals surface area contributed by atoms with Crippen molar-refractivity contribution >= 4 is 11.9 Å². The molecular formula is C16H15F4N3O3. The van der Waals surface area contributed by atoms with E-state index in [-0.39, 0.29) is 12.1 Å². The van der Waals surface area contributed by atoms with E-state index in [4.69, 9.17) is 5.11 Å². The van der Waals surface area contributed by atoms with Gasteiger partial charge in [-0.2, -0.15) is 18.3 Å². The molecular weight excluding hydrogens is 358 g/mol. The maximum Gasteiger partial charge on any atom is 0.434 e. The van der Waals surface area contributed by atoms with Gasteiger partial charge in [0.25, 0.3) is 5.91 Å². The number of amides is 1. The second kappa shape index (κ2) is 7.54. The highest BCUT2D eigenvalue weighted by Gasteiger charge is 2.41. The Morgan fingerprint density at radius 1 is 1.27 bits per heavy atom. The number of nitrogens with one attached hydrogen (secondary N) is 1. The third kappa shape index (κ3) is 4.19. The minimum Gasteiger partial charge on any atom is -0.480 e. The summed E-state index contributed by atoms with van der Waals surface area (Å²) in [6.07, 6.45) is -3.76. The van der Waals surface area contributed by atoms with Gasteiger partial charge in [-0.25, -0.2) is 13.9 Å². The van der Waals surface area contributed by atoms with Gasteiger partial charge >= 0.3 is 12.1 Å². The van der Waals surface area contributed by atoms with E-state index in [9.17, 15) is 27.2 Å². The number of hydrogen-bond donors (Lipinski definition) is 2. The SMILES string of the molecule is CCCC(NC(=O)c1cnn(-c2ccc(F)cc2)c1C(F)(F)F)C(=O)O. The molecule has 0 saturated heterocycles. The number of aromatic nitrogens is 2. The van der Waals surface area contributed by atoms with Crippen LogP contribution in [0.15, 0.2) is 30.5 Å². The second-order valence-electron chi connectivity index (χ2n) is 5.45. The molecule has 1 aromatic heterocycles. The van der Waals surface area contributed by atoms with Gasteiger partial charge in [0.15, 0.2) is 5.69 Å². The Bertz CT molecular complexity index is 800. The molecule has 1 aromatic carbocycles. The summed E-state index contributed by atoms with van der Waals surface area (Å²) in [6.45, 7) is 1.68. The van der Waals surface area contributed by atoms with Gasteiger partial charge in [-0.3, -0.25) is 4.79 Å². The minimum atomic E-state index is -4.94. The highest BCUT2D eigenvalue weighted by atomic mass is 19.4. The fraction of sp³-hybridized carbons (Fsp3) is 0.312. The van der Waals surface area contributed by atoms with Gasteiger partial charge in [-0.05, 0) is 30.7 Å². The zero-order valence-corrected chi connectivity index (χ0v) is 13.5. The molecule has 1 atom stereocenters. The quantitative estimate of drug-likeness (QED) is 0.763. The van der Waals surface area contributed by atoms with Crippen molar-refractivity contribution in [3.05, 3.63) is 47.5 Å². The molecule has 1 amide bonds. The molecule has 140 valence electrons. The molecule has 0 fully saturated rings. The molecule has 0 bridgehead atoms. The van der Waals surface area contributed by atoms with Crippen molar-refractivity contribution in [2.24, 2.45) is 0 Å². The van der Waals surface area contributed by atoms with Crippen LogP contribution in [0.1, 0.15) is 35.8 Å². The van der Waals surface area contributed by atoms with Crippen LogP contribution in [0, 0.1) is 5.82 Å². The molecule has 0 aliphatic heterocycles. The van der Waals surface area contributed by atoms with Gasteiger partial charge < -0.3 is 10.4 Å². The third-order valence-corrected chi connectivity index (χ3v) is 3.53. The topological polar surface area (TPSA) is 84.2 Å². The van der Waals surface area contributed by atoms with E-state index in [1.807, 2.05) is 0 Å². The largest absolute Gasteiger partial charge is 0.480 e. The molecule has 10 heteroatoms. The number of carbonyl (C=O) groups is 2. The summed E-state index contributed by atoms with van der Waals surface area (Å²) < 4.78 is 53.9. The number of halogens is 4. The predicted molar refractivity (Wildman–Crippen MR) is 82.3 cm³/mol. The van der Waals surface area contributed by atoms with E-state index in [0.29, 0.717) is 17.3 Å². The predicted octanol–water partition coefficient (Wildman–Crippen LogP) is 3.01. The van der Waals surface area contributed by atoms with Crippen molar-refractivity contribution in [2.45, 2.75) is 32.0 Å². The molecule has 26 heavy (non-hydrogen) atoms. The van der Waals surface area contributed by atoms with E-state index in [1.165, 1.54) is 0 Å². The lowest BCUT2D eigenvalue weighted by atomic mass is 10.1. The van der Waals surface area contributed by atoms with Crippen LogP contribution in [0.3, 0.4) is 0 Å². The Hall–Kier alpha value is -2.91. The zero-order chi connectivity index (χ0) is 19.5. The standard InChI is InChI=1S/C16H15F4N3O3/c1-2-3-12(15(25)26)22-14(24)11-8-21-23(13(11)16(18,19)20)10-6-4-9(17)5-7-10/h4-8,12H,2-3H2,1H3,(H,22,24)(H,25,26). The molecule has 2 rings (SSSR count). The first-order valence-electron chi connectivity index (χ1n) is 7.60. The molecule has 0 aliphatic rings. The highest BCUT2D eigenvalue weighted by Crippen LogP contribution is 2.33. The maximum absolute atomic E-state index is 13.5. The molecule has 0 aliphatic carbocycles. The summed E-state index contributed by atoms with van der Waals surface area (Å²) in [4.78, 5) is 23.3. The number of hydrogen-bond acceptors (Lipinski definition) is 3. The summed E-state index contributed by atoms with van der Waals surface area (Å²) in [5, 5.41) is 14.7. The summed E-state index contributed by atoms with van der Waals surface area (Å²) in [5.41, 5.74) is -2.28. The zero-order valence-electron chi connectivity index (χ0n) is 13.5. The number of carboxylic acid groups (broad SMARTS) is 1. The Morgan fingerprint density at radius 2 is 1.88 bits per heavy atom. The normalized spacial score (nSPS) is 12.7. The van der Waals surface area contributed by atoms with Crippen LogP contribution < -0.4 is 5.32 Å². The number of nitrogens with zero attached hydrogens (tertiary/aromatic N) is 2. The van der Waals surface area contributed by atoms with Crippen LogP contribution in [-0.4, -0.2) is 32.8 Å². The lowest BCUT2D eigenvalue weighted by molar-refractivity contribution is -0.143. The second-order valence-corrected chi connectivity index (χ2v) is 5.45. The number of carboxylic acids is 1. The van der Waals surface area contributed by atoms with Crippen LogP contribution in [0.5, 0.6) is 0 Å². The molecule has 6 nitrogen and oxygen atoms in total.